The number of anilines is 2. The molecule has 0 spiro atoms. The van der Waals surface area contributed by atoms with Gasteiger partial charge in [0.05, 0.1) is 32.1 Å². The fraction of sp³-hybridized carbons (Fsp3) is 0.216. The van der Waals surface area contributed by atoms with Gasteiger partial charge in [0, 0.05) is 35.6 Å². The average molecular weight is 953 g/mol. The summed E-state index contributed by atoms with van der Waals surface area (Å²) in [6.07, 6.45) is -6.92. The molecule has 8 rings (SSSR count). The molecular weight excluding hydrogens is 909 g/mol. The molecule has 1 saturated heterocycles. The molecule has 0 radical (unpaired) electrons. The van der Waals surface area contributed by atoms with Crippen LogP contribution in [0.2, 0.25) is 0 Å². The van der Waals surface area contributed by atoms with E-state index in [1.165, 1.54) is 60.7 Å². The van der Waals surface area contributed by atoms with Crippen LogP contribution in [0.5, 0.6) is 11.5 Å². The summed E-state index contributed by atoms with van der Waals surface area (Å²) >= 11 is 0. The van der Waals surface area contributed by atoms with Crippen LogP contribution in [-0.2, 0) is 36.5 Å². The number of rotatable bonds is 15. The predicted molar refractivity (Wildman–Crippen MR) is 249 cm³/mol. The SMILES string of the molecule is CCc1ccc(C2OC(COC(=O)c3ccc([N+](=O)[O-])cc3)[C@@H](OC(=O)c3ccc([N+](=O)[O-])cc3)C(OC(=O)c3ccc(N)cc3)[C@H]2OC(=O)c2ccc(N)cc2)cc1Cc1ccc2c(c1)OCCO2. The van der Waals surface area contributed by atoms with Crippen molar-refractivity contribution in [3.63, 3.8) is 0 Å². The number of non-ortho nitro benzene ring substituents is 2. The quantitative estimate of drug-likeness (QED) is 0.0330. The highest BCUT2D eigenvalue weighted by Gasteiger charge is 2.53. The van der Waals surface area contributed by atoms with Gasteiger partial charge in [-0.25, -0.2) is 19.2 Å². The Hall–Kier alpha value is -8.84. The number of nitrogens with zero attached hydrogens (tertiary/aromatic N) is 2. The summed E-state index contributed by atoms with van der Waals surface area (Å²) in [6, 6.07) is 31.8. The van der Waals surface area contributed by atoms with Crippen molar-refractivity contribution in [1.29, 1.82) is 0 Å². The summed E-state index contributed by atoms with van der Waals surface area (Å²) in [4.78, 5) is 77.8. The van der Waals surface area contributed by atoms with E-state index in [4.69, 9.17) is 44.6 Å². The summed E-state index contributed by atoms with van der Waals surface area (Å²) in [5.41, 5.74) is 14.9. The zero-order valence-electron chi connectivity index (χ0n) is 37.3. The Morgan fingerprint density at radius 1 is 0.571 bits per heavy atom. The number of esters is 4. The largest absolute Gasteiger partial charge is 0.486 e. The predicted octanol–water partition coefficient (Wildman–Crippen LogP) is 7.57. The lowest BCUT2D eigenvalue weighted by Crippen LogP contribution is -2.60. The van der Waals surface area contributed by atoms with Crippen molar-refractivity contribution in [2.24, 2.45) is 0 Å². The average Bonchev–Trinajstić information content (AvgIpc) is 3.37. The van der Waals surface area contributed by atoms with Gasteiger partial charge in [0.1, 0.15) is 32.0 Å². The molecule has 3 unspecified atom stereocenters. The number of ether oxygens (including phenoxy) is 7. The summed E-state index contributed by atoms with van der Waals surface area (Å²) in [7, 11) is 0. The lowest BCUT2D eigenvalue weighted by molar-refractivity contribution is -0.385. The van der Waals surface area contributed by atoms with Crippen molar-refractivity contribution in [3.05, 3.63) is 198 Å². The molecule has 19 heteroatoms. The zero-order valence-corrected chi connectivity index (χ0v) is 37.3. The number of nitrogens with two attached hydrogens (primary N) is 2. The van der Waals surface area contributed by atoms with Crippen LogP contribution in [0.3, 0.4) is 0 Å². The van der Waals surface area contributed by atoms with E-state index >= 15 is 0 Å². The molecule has 2 heterocycles. The lowest BCUT2D eigenvalue weighted by Gasteiger charge is -2.45. The minimum absolute atomic E-state index is 0.0106. The third kappa shape index (κ3) is 11.0. The van der Waals surface area contributed by atoms with Gasteiger partial charge in [-0.15, -0.1) is 0 Å². The monoisotopic (exact) mass is 952 g/mol. The Morgan fingerprint density at radius 2 is 1.06 bits per heavy atom. The lowest BCUT2D eigenvalue weighted by atomic mass is 9.87. The normalized spacial score (nSPS) is 18.2. The number of benzene rings is 6. The smallest absolute Gasteiger partial charge is 0.338 e. The Balaban J connectivity index is 1.24. The van der Waals surface area contributed by atoms with Gasteiger partial charge >= 0.3 is 23.9 Å². The first-order valence-electron chi connectivity index (χ1n) is 21.9. The van der Waals surface area contributed by atoms with Gasteiger partial charge in [0.25, 0.3) is 11.4 Å². The number of nitrogen functional groups attached to an aromatic ring is 2. The number of fused-ring (bicyclic) bond motifs is 1. The maximum Gasteiger partial charge on any atom is 0.338 e. The molecule has 6 aromatic rings. The molecule has 0 bridgehead atoms. The number of aryl methyl sites for hydroxylation is 1. The maximum absolute atomic E-state index is 14.3. The number of nitro groups is 2. The van der Waals surface area contributed by atoms with Crippen LogP contribution in [0.4, 0.5) is 22.7 Å². The van der Waals surface area contributed by atoms with Gasteiger partial charge in [0.2, 0.25) is 0 Å². The van der Waals surface area contributed by atoms with Crippen molar-refractivity contribution in [2.75, 3.05) is 31.3 Å². The molecule has 1 fully saturated rings. The highest BCUT2D eigenvalue weighted by Crippen LogP contribution is 2.40. The number of nitro benzene ring substituents is 2. The molecule has 5 atom stereocenters. The van der Waals surface area contributed by atoms with Crippen molar-refractivity contribution in [1.82, 2.24) is 0 Å². The van der Waals surface area contributed by atoms with E-state index in [9.17, 15) is 39.4 Å². The topological polar surface area (TPSA) is 271 Å². The minimum atomic E-state index is -1.74. The third-order valence-corrected chi connectivity index (χ3v) is 11.6. The first-order chi connectivity index (χ1) is 33.7. The highest BCUT2D eigenvalue weighted by atomic mass is 16.7. The van der Waals surface area contributed by atoms with Crippen LogP contribution >= 0.6 is 0 Å². The molecule has 6 aromatic carbocycles. The van der Waals surface area contributed by atoms with Gasteiger partial charge in [-0.1, -0.05) is 31.2 Å². The van der Waals surface area contributed by atoms with Crippen LogP contribution < -0.4 is 20.9 Å². The summed E-state index contributed by atoms with van der Waals surface area (Å²) in [6.45, 7) is 2.11. The molecule has 2 aliphatic rings. The Bertz CT molecular complexity index is 2930. The fourth-order valence-electron chi connectivity index (χ4n) is 7.97. The van der Waals surface area contributed by atoms with Gasteiger partial charge in [-0.3, -0.25) is 20.2 Å². The van der Waals surface area contributed by atoms with E-state index in [1.54, 1.807) is 6.07 Å². The molecule has 0 aromatic heterocycles. The second kappa shape index (κ2) is 21.0. The molecule has 2 aliphatic heterocycles. The van der Waals surface area contributed by atoms with Gasteiger partial charge in [0.15, 0.2) is 29.8 Å². The summed E-state index contributed by atoms with van der Waals surface area (Å²) in [5, 5.41) is 22.8. The Kier molecular flexibility index (Phi) is 14.3. The minimum Gasteiger partial charge on any atom is -0.486 e. The number of hydrogen-bond acceptors (Lipinski definition) is 17. The van der Waals surface area contributed by atoms with Crippen molar-refractivity contribution < 1.29 is 62.2 Å². The van der Waals surface area contributed by atoms with Crippen molar-refractivity contribution >= 4 is 46.6 Å². The second-order valence-corrected chi connectivity index (χ2v) is 16.2. The molecule has 0 saturated carbocycles. The molecular formula is C51H44N4O15. The van der Waals surface area contributed by atoms with Crippen LogP contribution in [0, 0.1) is 20.2 Å². The van der Waals surface area contributed by atoms with Crippen LogP contribution in [0.15, 0.2) is 133 Å². The first-order valence-corrected chi connectivity index (χ1v) is 21.9. The van der Waals surface area contributed by atoms with E-state index < -0.39 is 70.9 Å². The maximum atomic E-state index is 14.3. The Morgan fingerprint density at radius 3 is 1.59 bits per heavy atom. The highest BCUT2D eigenvalue weighted by molar-refractivity contribution is 5.92. The third-order valence-electron chi connectivity index (χ3n) is 11.6. The molecule has 70 heavy (non-hydrogen) atoms. The summed E-state index contributed by atoms with van der Waals surface area (Å²) < 4.78 is 42.8. The van der Waals surface area contributed by atoms with Crippen LogP contribution in [0.25, 0.3) is 0 Å². The number of hydrogen-bond donors (Lipinski definition) is 2. The van der Waals surface area contributed by atoms with Gasteiger partial charge in [-0.05, 0) is 120 Å². The van der Waals surface area contributed by atoms with Crippen molar-refractivity contribution in [2.45, 2.75) is 50.3 Å². The molecule has 0 amide bonds. The second-order valence-electron chi connectivity index (χ2n) is 16.2. The Labute approximate surface area is 399 Å². The van der Waals surface area contributed by atoms with Gasteiger partial charge < -0.3 is 44.6 Å². The van der Waals surface area contributed by atoms with E-state index in [-0.39, 0.29) is 33.6 Å². The first kappa shape index (κ1) is 47.6. The van der Waals surface area contributed by atoms with Crippen molar-refractivity contribution in [3.8, 4) is 11.5 Å². The standard InChI is InChI=1S/C51H44N4O15/c1-2-30-4-5-35(27-36(30)25-29-3-22-41-42(26-29)65-24-23-64-41)44-46(69-50(58)32-6-14-37(52)15-7-32)47(70-51(59)33-8-16-38(53)17-9-33)45(68-49(57)34-12-20-40(21-13-34)55(62)63)43(67-44)28-66-48(56)31-10-18-39(19-11-31)54(60)61/h3-22,26-27,43-47H,2,23-25,28,52-53H2,1H3/t43?,44?,45-,46+,47?/m1/s1. The molecule has 4 N–H and O–H groups in total. The van der Waals surface area contributed by atoms with E-state index in [0.29, 0.717) is 54.5 Å². The van der Waals surface area contributed by atoms with Gasteiger partial charge in [-0.2, -0.15) is 0 Å². The van der Waals surface area contributed by atoms with Crippen LogP contribution in [-0.4, -0.2) is 78.0 Å². The zero-order chi connectivity index (χ0) is 49.5. The van der Waals surface area contributed by atoms with E-state index in [1.807, 2.05) is 37.3 Å². The van der Waals surface area contributed by atoms with E-state index in [2.05, 4.69) is 0 Å². The molecule has 19 nitrogen and oxygen atoms in total. The number of carbonyl (C=O) groups excluding carboxylic acids is 4. The summed E-state index contributed by atoms with van der Waals surface area (Å²) in [5.74, 6) is -2.68. The van der Waals surface area contributed by atoms with Crippen LogP contribution in [0.1, 0.15) is 76.7 Å². The van der Waals surface area contributed by atoms with E-state index in [0.717, 1.165) is 53.1 Å². The fourth-order valence-corrected chi connectivity index (χ4v) is 7.97. The molecule has 0 aliphatic carbocycles. The number of carbonyl (C=O) groups is 4. The molecule has 358 valence electrons.